The first-order chi connectivity index (χ1) is 8.97. The van der Waals surface area contributed by atoms with Gasteiger partial charge in [-0.25, -0.2) is 4.79 Å². The summed E-state index contributed by atoms with van der Waals surface area (Å²) in [6, 6.07) is 3.78. The largest absolute Gasteiger partial charge is 0.464 e. The van der Waals surface area contributed by atoms with E-state index in [0.29, 0.717) is 11.3 Å². The van der Waals surface area contributed by atoms with Crippen LogP contribution in [-0.2, 0) is 9.53 Å². The van der Waals surface area contributed by atoms with Crippen molar-refractivity contribution < 1.29 is 14.5 Å². The number of rotatable bonds is 5. The number of esters is 1. The molecule has 0 radical (unpaired) electrons. The van der Waals surface area contributed by atoms with Crippen LogP contribution in [-0.4, -0.2) is 23.5 Å². The average Bonchev–Trinajstić information content (AvgIpc) is 2.37. The fraction of sp³-hybridized carbons (Fsp3) is 0.417. The van der Waals surface area contributed by atoms with Crippen LogP contribution in [0.15, 0.2) is 28.4 Å². The van der Waals surface area contributed by atoms with E-state index in [4.69, 9.17) is 4.74 Å². The summed E-state index contributed by atoms with van der Waals surface area (Å²) < 4.78 is 4.78. The molecule has 0 bridgehead atoms. The molecule has 1 rings (SSSR count). The van der Waals surface area contributed by atoms with E-state index in [2.05, 4.69) is 10.2 Å². The molecule has 1 unspecified atom stereocenters. The summed E-state index contributed by atoms with van der Waals surface area (Å²) >= 11 is 0. The van der Waals surface area contributed by atoms with Gasteiger partial charge in [-0.2, -0.15) is 10.2 Å². The molecule has 7 nitrogen and oxygen atoms in total. The number of hydrogen-bond donors (Lipinski definition) is 0. The summed E-state index contributed by atoms with van der Waals surface area (Å²) in [5.74, 6) is -0.477. The van der Waals surface area contributed by atoms with E-state index >= 15 is 0 Å². The number of nitro groups is 1. The van der Waals surface area contributed by atoms with E-state index in [1.165, 1.54) is 12.1 Å². The second kappa shape index (κ2) is 6.58. The molecule has 0 saturated carbocycles. The summed E-state index contributed by atoms with van der Waals surface area (Å²) in [6.07, 6.45) is 0. The Bertz CT molecular complexity index is 514. The molecule has 1 atom stereocenters. The van der Waals surface area contributed by atoms with E-state index < -0.39 is 16.9 Å². The zero-order valence-corrected chi connectivity index (χ0v) is 11.0. The topological polar surface area (TPSA) is 94.2 Å². The molecule has 0 heterocycles. The monoisotopic (exact) mass is 265 g/mol. The number of nitro benzene ring substituents is 1. The van der Waals surface area contributed by atoms with E-state index in [1.807, 2.05) is 0 Å². The fourth-order valence-electron chi connectivity index (χ4n) is 1.38. The second-order valence-electron chi connectivity index (χ2n) is 3.82. The lowest BCUT2D eigenvalue weighted by Gasteiger charge is -2.04. The van der Waals surface area contributed by atoms with Crippen molar-refractivity contribution in [2.75, 3.05) is 6.61 Å². The summed E-state index contributed by atoms with van der Waals surface area (Å²) in [4.78, 5) is 21.6. The van der Waals surface area contributed by atoms with Crippen LogP contribution in [0.5, 0.6) is 0 Å². The van der Waals surface area contributed by atoms with Crippen molar-refractivity contribution in [3.63, 3.8) is 0 Å². The highest BCUT2D eigenvalue weighted by Gasteiger charge is 2.15. The Morgan fingerprint density at radius 2 is 2.21 bits per heavy atom. The molecular formula is C12H15N3O4. The second-order valence-corrected chi connectivity index (χ2v) is 3.82. The maximum Gasteiger partial charge on any atom is 0.332 e. The van der Waals surface area contributed by atoms with Gasteiger partial charge in [0.1, 0.15) is 0 Å². The standard InChI is InChI=1S/C12H15N3O4/c1-4-19-12(16)9(3)13-14-10-6-5-7-11(8(10)2)15(17)18/h5-7,9H,4H2,1-3H3. The van der Waals surface area contributed by atoms with E-state index in [9.17, 15) is 14.9 Å². The van der Waals surface area contributed by atoms with Crippen molar-refractivity contribution in [2.24, 2.45) is 10.2 Å². The molecule has 0 aliphatic rings. The van der Waals surface area contributed by atoms with Gasteiger partial charge in [0.25, 0.3) is 5.69 Å². The van der Waals surface area contributed by atoms with Crippen LogP contribution < -0.4 is 0 Å². The molecule has 0 aliphatic heterocycles. The quantitative estimate of drug-likeness (QED) is 0.354. The molecule has 7 heteroatoms. The molecule has 0 amide bonds. The average molecular weight is 265 g/mol. The van der Waals surface area contributed by atoms with Gasteiger partial charge in [-0.1, -0.05) is 6.07 Å². The number of hydrogen-bond acceptors (Lipinski definition) is 6. The van der Waals surface area contributed by atoms with Crippen molar-refractivity contribution in [3.05, 3.63) is 33.9 Å². The van der Waals surface area contributed by atoms with Crippen LogP contribution in [0.3, 0.4) is 0 Å². The van der Waals surface area contributed by atoms with Crippen LogP contribution in [0.4, 0.5) is 11.4 Å². The van der Waals surface area contributed by atoms with Crippen molar-refractivity contribution >= 4 is 17.3 Å². The van der Waals surface area contributed by atoms with E-state index in [1.54, 1.807) is 26.8 Å². The molecule has 1 aromatic rings. The molecule has 0 fully saturated rings. The Kier molecular flexibility index (Phi) is 5.11. The smallest absolute Gasteiger partial charge is 0.332 e. The molecule has 0 saturated heterocycles. The van der Waals surface area contributed by atoms with Crippen LogP contribution in [0.1, 0.15) is 19.4 Å². The first-order valence-corrected chi connectivity index (χ1v) is 5.78. The maximum atomic E-state index is 11.3. The fourth-order valence-corrected chi connectivity index (χ4v) is 1.38. The minimum absolute atomic E-state index is 0.0276. The Balaban J connectivity index is 2.91. The number of azo groups is 1. The van der Waals surface area contributed by atoms with Gasteiger partial charge in [-0.3, -0.25) is 10.1 Å². The van der Waals surface area contributed by atoms with Gasteiger partial charge in [0.15, 0.2) is 6.04 Å². The highest BCUT2D eigenvalue weighted by Crippen LogP contribution is 2.27. The molecular weight excluding hydrogens is 250 g/mol. The zero-order chi connectivity index (χ0) is 14.4. The normalized spacial score (nSPS) is 12.4. The van der Waals surface area contributed by atoms with Gasteiger partial charge in [-0.15, -0.1) is 0 Å². The molecule has 102 valence electrons. The lowest BCUT2D eigenvalue weighted by atomic mass is 10.1. The molecule has 1 aromatic carbocycles. The zero-order valence-electron chi connectivity index (χ0n) is 11.0. The number of nitrogens with zero attached hydrogens (tertiary/aromatic N) is 3. The Labute approximate surface area is 110 Å². The minimum Gasteiger partial charge on any atom is -0.464 e. The highest BCUT2D eigenvalue weighted by molar-refractivity contribution is 5.75. The number of carbonyl (C=O) groups is 1. The van der Waals surface area contributed by atoms with E-state index in [0.717, 1.165) is 0 Å². The molecule has 0 aromatic heterocycles. The van der Waals surface area contributed by atoms with Crippen LogP contribution in [0.2, 0.25) is 0 Å². The van der Waals surface area contributed by atoms with Gasteiger partial charge in [0.05, 0.1) is 22.8 Å². The Morgan fingerprint density at radius 1 is 1.53 bits per heavy atom. The van der Waals surface area contributed by atoms with Gasteiger partial charge in [0.2, 0.25) is 0 Å². The van der Waals surface area contributed by atoms with Crippen LogP contribution in [0, 0.1) is 17.0 Å². The van der Waals surface area contributed by atoms with Crippen molar-refractivity contribution in [1.29, 1.82) is 0 Å². The third kappa shape index (κ3) is 3.84. The van der Waals surface area contributed by atoms with E-state index in [-0.39, 0.29) is 12.3 Å². The third-order valence-electron chi connectivity index (χ3n) is 2.44. The Hall–Kier alpha value is -2.31. The minimum atomic E-state index is -0.737. The predicted octanol–water partition coefficient (Wildman–Crippen LogP) is 2.94. The molecule has 0 N–H and O–H groups in total. The van der Waals surface area contributed by atoms with Gasteiger partial charge < -0.3 is 4.74 Å². The van der Waals surface area contributed by atoms with Gasteiger partial charge in [-0.05, 0) is 26.8 Å². The first kappa shape index (κ1) is 14.7. The maximum absolute atomic E-state index is 11.3. The highest BCUT2D eigenvalue weighted by atomic mass is 16.6. The van der Waals surface area contributed by atoms with Gasteiger partial charge >= 0.3 is 5.97 Å². The number of carbonyl (C=O) groups excluding carboxylic acids is 1. The summed E-state index contributed by atoms with van der Waals surface area (Å²) in [5.41, 5.74) is 0.748. The summed E-state index contributed by atoms with van der Waals surface area (Å²) in [7, 11) is 0. The number of ether oxygens (including phenoxy) is 1. The van der Waals surface area contributed by atoms with Crippen LogP contribution in [0.25, 0.3) is 0 Å². The van der Waals surface area contributed by atoms with Crippen molar-refractivity contribution in [3.8, 4) is 0 Å². The van der Waals surface area contributed by atoms with Crippen molar-refractivity contribution in [2.45, 2.75) is 26.8 Å². The third-order valence-corrected chi connectivity index (χ3v) is 2.44. The molecule has 19 heavy (non-hydrogen) atoms. The molecule has 0 aliphatic carbocycles. The summed E-state index contributed by atoms with van der Waals surface area (Å²) in [6.45, 7) is 5.11. The number of benzene rings is 1. The van der Waals surface area contributed by atoms with Gasteiger partial charge in [0, 0.05) is 6.07 Å². The van der Waals surface area contributed by atoms with Crippen LogP contribution >= 0.6 is 0 Å². The predicted molar refractivity (Wildman–Crippen MR) is 68.4 cm³/mol. The SMILES string of the molecule is CCOC(=O)C(C)N=Nc1cccc([N+](=O)[O-])c1C. The van der Waals surface area contributed by atoms with Crippen molar-refractivity contribution in [1.82, 2.24) is 0 Å². The molecule has 0 spiro atoms. The first-order valence-electron chi connectivity index (χ1n) is 5.78. The lowest BCUT2D eigenvalue weighted by Crippen LogP contribution is -2.17. The lowest BCUT2D eigenvalue weighted by molar-refractivity contribution is -0.385. The summed E-state index contributed by atoms with van der Waals surface area (Å²) in [5, 5.41) is 18.4. The Morgan fingerprint density at radius 3 is 2.79 bits per heavy atom.